The van der Waals surface area contributed by atoms with Gasteiger partial charge in [0.15, 0.2) is 18.2 Å². The van der Waals surface area contributed by atoms with Crippen LogP contribution in [0.1, 0.15) is 10.4 Å². The van der Waals surface area contributed by atoms with Gasteiger partial charge in [0, 0.05) is 5.56 Å². The standard InChI is InChI=1S/C11H9F4NO3/c12-8-3-7(4-17)1-2-9(8)19-5-10(18)16-6-11(13,14)15/h1-4H,5-6H2,(H,16,18). The third-order valence-corrected chi connectivity index (χ3v) is 1.94. The molecule has 0 spiro atoms. The van der Waals surface area contributed by atoms with Crippen molar-refractivity contribution in [1.82, 2.24) is 5.32 Å². The maximum absolute atomic E-state index is 13.3. The van der Waals surface area contributed by atoms with Crippen molar-refractivity contribution in [2.45, 2.75) is 6.18 Å². The molecule has 19 heavy (non-hydrogen) atoms. The summed E-state index contributed by atoms with van der Waals surface area (Å²) < 4.78 is 53.3. The number of hydrogen-bond acceptors (Lipinski definition) is 3. The molecule has 0 saturated carbocycles. The average Bonchev–Trinajstić information content (AvgIpc) is 2.34. The third kappa shape index (κ3) is 5.36. The Labute approximate surface area is 105 Å². The molecule has 0 radical (unpaired) electrons. The fourth-order valence-electron chi connectivity index (χ4n) is 1.10. The van der Waals surface area contributed by atoms with Gasteiger partial charge < -0.3 is 10.1 Å². The first kappa shape index (κ1) is 14.9. The van der Waals surface area contributed by atoms with Gasteiger partial charge in [0.25, 0.3) is 5.91 Å². The Morgan fingerprint density at radius 2 is 2.05 bits per heavy atom. The molecule has 104 valence electrons. The number of nitrogens with one attached hydrogen (secondary N) is 1. The summed E-state index contributed by atoms with van der Waals surface area (Å²) in [5.41, 5.74) is 0.0753. The molecule has 0 heterocycles. The molecule has 4 nitrogen and oxygen atoms in total. The molecule has 0 fully saturated rings. The van der Waals surface area contributed by atoms with Gasteiger partial charge in [-0.2, -0.15) is 13.2 Å². The fourth-order valence-corrected chi connectivity index (χ4v) is 1.10. The molecule has 1 aromatic carbocycles. The molecule has 0 aromatic heterocycles. The number of alkyl halides is 3. The van der Waals surface area contributed by atoms with Crippen molar-refractivity contribution >= 4 is 12.2 Å². The maximum atomic E-state index is 13.3. The maximum Gasteiger partial charge on any atom is 0.405 e. The smallest absolute Gasteiger partial charge is 0.405 e. The normalized spacial score (nSPS) is 10.9. The summed E-state index contributed by atoms with van der Waals surface area (Å²) in [5, 5.41) is 1.57. The van der Waals surface area contributed by atoms with Gasteiger partial charge in [-0.05, 0) is 18.2 Å². The average molecular weight is 279 g/mol. The molecular formula is C11H9F4NO3. The van der Waals surface area contributed by atoms with E-state index in [-0.39, 0.29) is 11.3 Å². The van der Waals surface area contributed by atoms with Crippen molar-refractivity contribution in [3.8, 4) is 5.75 Å². The highest BCUT2D eigenvalue weighted by atomic mass is 19.4. The molecule has 0 saturated heterocycles. The molecule has 0 bridgehead atoms. The Bertz CT molecular complexity index is 473. The minimum absolute atomic E-state index is 0.0753. The molecule has 0 unspecified atom stereocenters. The first-order chi connectivity index (χ1) is 8.81. The van der Waals surface area contributed by atoms with E-state index < -0.39 is 31.1 Å². The molecule has 1 aromatic rings. The van der Waals surface area contributed by atoms with Crippen LogP contribution in [0, 0.1) is 5.82 Å². The van der Waals surface area contributed by atoms with Gasteiger partial charge in [-0.25, -0.2) is 4.39 Å². The van der Waals surface area contributed by atoms with Crippen molar-refractivity contribution in [1.29, 1.82) is 0 Å². The second kappa shape index (κ2) is 6.17. The lowest BCUT2D eigenvalue weighted by molar-refractivity contribution is -0.139. The molecule has 1 amide bonds. The minimum Gasteiger partial charge on any atom is -0.481 e. The van der Waals surface area contributed by atoms with Gasteiger partial charge in [0.2, 0.25) is 0 Å². The van der Waals surface area contributed by atoms with Gasteiger partial charge in [-0.3, -0.25) is 9.59 Å². The zero-order chi connectivity index (χ0) is 14.5. The minimum atomic E-state index is -4.52. The molecule has 0 aliphatic heterocycles. The van der Waals surface area contributed by atoms with Gasteiger partial charge in [0.1, 0.15) is 12.8 Å². The van der Waals surface area contributed by atoms with Crippen LogP contribution in [0.4, 0.5) is 17.6 Å². The molecular weight excluding hydrogens is 270 g/mol. The van der Waals surface area contributed by atoms with Gasteiger partial charge in [-0.1, -0.05) is 0 Å². The van der Waals surface area contributed by atoms with Crippen LogP contribution in [0.5, 0.6) is 5.75 Å². The van der Waals surface area contributed by atoms with E-state index in [0.717, 1.165) is 12.1 Å². The lowest BCUT2D eigenvalue weighted by atomic mass is 10.2. The summed E-state index contributed by atoms with van der Waals surface area (Å²) in [4.78, 5) is 21.3. The summed E-state index contributed by atoms with van der Waals surface area (Å²) in [6.07, 6.45) is -4.10. The van der Waals surface area contributed by atoms with Crippen LogP contribution in [0.3, 0.4) is 0 Å². The lowest BCUT2D eigenvalue weighted by Gasteiger charge is -2.10. The number of hydrogen-bond donors (Lipinski definition) is 1. The molecule has 1 rings (SSSR count). The van der Waals surface area contributed by atoms with E-state index in [0.29, 0.717) is 6.29 Å². The first-order valence-corrected chi connectivity index (χ1v) is 5.03. The number of rotatable bonds is 5. The lowest BCUT2D eigenvalue weighted by Crippen LogP contribution is -2.36. The highest BCUT2D eigenvalue weighted by Gasteiger charge is 2.27. The Hall–Kier alpha value is -2.12. The van der Waals surface area contributed by atoms with Crippen molar-refractivity contribution in [3.05, 3.63) is 29.6 Å². The van der Waals surface area contributed by atoms with Crippen molar-refractivity contribution in [2.75, 3.05) is 13.2 Å². The molecule has 0 atom stereocenters. The summed E-state index contributed by atoms with van der Waals surface area (Å²) >= 11 is 0. The fraction of sp³-hybridized carbons (Fsp3) is 0.273. The van der Waals surface area contributed by atoms with Crippen LogP contribution in [0.15, 0.2) is 18.2 Å². The highest BCUT2D eigenvalue weighted by molar-refractivity contribution is 5.77. The first-order valence-electron chi connectivity index (χ1n) is 5.03. The summed E-state index contributed by atoms with van der Waals surface area (Å²) in [5.74, 6) is -2.24. The third-order valence-electron chi connectivity index (χ3n) is 1.94. The molecule has 1 N–H and O–H groups in total. The predicted octanol–water partition coefficient (Wildman–Crippen LogP) is 1.70. The second-order valence-electron chi connectivity index (χ2n) is 3.49. The molecule has 0 aliphatic rings. The van der Waals surface area contributed by atoms with Crippen LogP contribution < -0.4 is 10.1 Å². The number of halogens is 4. The van der Waals surface area contributed by atoms with E-state index in [1.807, 2.05) is 0 Å². The topological polar surface area (TPSA) is 55.4 Å². The van der Waals surface area contributed by atoms with E-state index in [9.17, 15) is 27.2 Å². The van der Waals surface area contributed by atoms with Crippen LogP contribution in [-0.4, -0.2) is 31.5 Å². The van der Waals surface area contributed by atoms with E-state index in [1.54, 1.807) is 5.32 Å². The summed E-state index contributed by atoms with van der Waals surface area (Å²) in [6, 6.07) is 3.24. The largest absolute Gasteiger partial charge is 0.481 e. The number of benzene rings is 1. The van der Waals surface area contributed by atoms with Gasteiger partial charge in [0.05, 0.1) is 0 Å². The van der Waals surface area contributed by atoms with Crippen LogP contribution in [0.2, 0.25) is 0 Å². The van der Waals surface area contributed by atoms with E-state index >= 15 is 0 Å². The van der Waals surface area contributed by atoms with E-state index in [2.05, 4.69) is 0 Å². The van der Waals surface area contributed by atoms with Crippen LogP contribution in [0.25, 0.3) is 0 Å². The van der Waals surface area contributed by atoms with Crippen molar-refractivity contribution in [3.63, 3.8) is 0 Å². The second-order valence-corrected chi connectivity index (χ2v) is 3.49. The zero-order valence-electron chi connectivity index (χ0n) is 9.46. The van der Waals surface area contributed by atoms with Gasteiger partial charge in [-0.15, -0.1) is 0 Å². The number of amides is 1. The van der Waals surface area contributed by atoms with Gasteiger partial charge >= 0.3 is 6.18 Å². The molecule has 0 aliphatic carbocycles. The SMILES string of the molecule is O=Cc1ccc(OCC(=O)NCC(F)(F)F)c(F)c1. The number of aldehydes is 1. The van der Waals surface area contributed by atoms with Crippen LogP contribution in [-0.2, 0) is 4.79 Å². The molecule has 8 heteroatoms. The van der Waals surface area contributed by atoms with E-state index in [4.69, 9.17) is 4.74 Å². The Morgan fingerprint density at radius 1 is 1.37 bits per heavy atom. The highest BCUT2D eigenvalue weighted by Crippen LogP contribution is 2.17. The summed E-state index contributed by atoms with van der Waals surface area (Å²) in [7, 11) is 0. The van der Waals surface area contributed by atoms with Crippen molar-refractivity contribution < 1.29 is 31.9 Å². The predicted molar refractivity (Wildman–Crippen MR) is 56.3 cm³/mol. The van der Waals surface area contributed by atoms with Crippen LogP contribution >= 0.6 is 0 Å². The Balaban J connectivity index is 2.48. The Kier molecular flexibility index (Phi) is 4.85. The number of ether oxygens (including phenoxy) is 1. The Morgan fingerprint density at radius 3 is 2.58 bits per heavy atom. The number of carbonyl (C=O) groups is 2. The zero-order valence-corrected chi connectivity index (χ0v) is 9.46. The van der Waals surface area contributed by atoms with E-state index in [1.165, 1.54) is 6.07 Å². The monoisotopic (exact) mass is 279 g/mol. The number of carbonyl (C=O) groups excluding carboxylic acids is 2. The summed E-state index contributed by atoms with van der Waals surface area (Å²) in [6.45, 7) is -2.24. The quantitative estimate of drug-likeness (QED) is 0.659. The van der Waals surface area contributed by atoms with Crippen molar-refractivity contribution in [2.24, 2.45) is 0 Å².